The van der Waals surface area contributed by atoms with Gasteiger partial charge in [-0.2, -0.15) is 13.2 Å². The number of halogens is 5. The van der Waals surface area contributed by atoms with Crippen LogP contribution in [0.4, 0.5) is 22.0 Å². The van der Waals surface area contributed by atoms with Crippen LogP contribution in [-0.2, 0) is 11.2 Å². The van der Waals surface area contributed by atoms with Gasteiger partial charge in [0.2, 0.25) is 0 Å². The van der Waals surface area contributed by atoms with Crippen LogP contribution >= 0.6 is 0 Å². The number of ether oxygens (including phenoxy) is 1. The van der Waals surface area contributed by atoms with Crippen molar-refractivity contribution in [3.63, 3.8) is 0 Å². The lowest BCUT2D eigenvalue weighted by Gasteiger charge is -2.45. The zero-order chi connectivity index (χ0) is 29.2. The standard InChI is InChI=1S/C30H35F5N2O3/c1-18(29(38)39)17-37-26(30(33,34)35)16-22-21-8-5-4-7-20(21)15-23(22)28(37)27-19(2)25(10-9-24(27)32)40-14-13-36(3)12-6-11-31/h4-5,7-10,18,26,28H,6,11-17H2,1-3H3,(H,38,39)/t18-,26-,28-/m0/s1. The zero-order valence-electron chi connectivity index (χ0n) is 22.9. The second-order valence-corrected chi connectivity index (χ2v) is 10.7. The van der Waals surface area contributed by atoms with E-state index in [1.807, 2.05) is 24.1 Å². The van der Waals surface area contributed by atoms with Crippen LogP contribution < -0.4 is 4.74 Å². The third-order valence-electron chi connectivity index (χ3n) is 7.94. The van der Waals surface area contributed by atoms with Crippen LogP contribution in [-0.4, -0.2) is 73.1 Å². The predicted octanol–water partition coefficient (Wildman–Crippen LogP) is 6.21. The minimum absolute atomic E-state index is 0.0649. The van der Waals surface area contributed by atoms with Gasteiger partial charge >= 0.3 is 12.1 Å². The third-order valence-corrected chi connectivity index (χ3v) is 7.94. The average molecular weight is 567 g/mol. The van der Waals surface area contributed by atoms with E-state index < -0.39 is 49.2 Å². The number of hydrogen-bond acceptors (Lipinski definition) is 4. The molecule has 4 rings (SSSR count). The highest BCUT2D eigenvalue weighted by molar-refractivity contribution is 5.79. The molecule has 2 aromatic carbocycles. The lowest BCUT2D eigenvalue weighted by atomic mass is 9.82. The van der Waals surface area contributed by atoms with Crippen molar-refractivity contribution in [1.29, 1.82) is 0 Å². The van der Waals surface area contributed by atoms with Gasteiger partial charge in [0.15, 0.2) is 0 Å². The first-order valence-electron chi connectivity index (χ1n) is 13.5. The number of rotatable bonds is 11. The van der Waals surface area contributed by atoms with E-state index in [1.165, 1.54) is 19.1 Å². The number of carboxylic acid groups (broad SMARTS) is 1. The molecule has 0 bridgehead atoms. The van der Waals surface area contributed by atoms with E-state index in [-0.39, 0.29) is 18.6 Å². The average Bonchev–Trinajstić information content (AvgIpc) is 3.27. The molecule has 1 heterocycles. The second-order valence-electron chi connectivity index (χ2n) is 10.7. The Morgan fingerprint density at radius 1 is 1.20 bits per heavy atom. The molecule has 0 amide bonds. The summed E-state index contributed by atoms with van der Waals surface area (Å²) in [5.74, 6) is -2.66. The van der Waals surface area contributed by atoms with Crippen molar-refractivity contribution < 1.29 is 36.6 Å². The fraction of sp³-hybridized carbons (Fsp3) is 0.500. The smallest absolute Gasteiger partial charge is 0.404 e. The van der Waals surface area contributed by atoms with Gasteiger partial charge < -0.3 is 14.7 Å². The van der Waals surface area contributed by atoms with Crippen molar-refractivity contribution in [1.82, 2.24) is 9.80 Å². The molecule has 0 saturated carbocycles. The molecule has 0 unspecified atom stereocenters. The van der Waals surface area contributed by atoms with E-state index >= 15 is 4.39 Å². The number of alkyl halides is 4. The van der Waals surface area contributed by atoms with Crippen molar-refractivity contribution in [2.75, 3.05) is 40.0 Å². The van der Waals surface area contributed by atoms with Gasteiger partial charge in [0.25, 0.3) is 0 Å². The number of benzene rings is 2. The van der Waals surface area contributed by atoms with Gasteiger partial charge in [-0.3, -0.25) is 14.1 Å². The summed E-state index contributed by atoms with van der Waals surface area (Å²) in [7, 11) is 1.83. The van der Waals surface area contributed by atoms with Crippen LogP contribution in [0.25, 0.3) is 5.57 Å². The van der Waals surface area contributed by atoms with Crippen molar-refractivity contribution >= 4 is 11.5 Å². The molecule has 218 valence electrons. The predicted molar refractivity (Wildman–Crippen MR) is 142 cm³/mol. The molecular formula is C30H35F5N2O3. The Morgan fingerprint density at radius 3 is 2.60 bits per heavy atom. The minimum Gasteiger partial charge on any atom is -0.492 e. The van der Waals surface area contributed by atoms with E-state index in [9.17, 15) is 27.5 Å². The Hall–Kier alpha value is -2.98. The number of carbonyl (C=O) groups is 1. The summed E-state index contributed by atoms with van der Waals surface area (Å²) >= 11 is 0. The molecule has 3 atom stereocenters. The highest BCUT2D eigenvalue weighted by Gasteiger charge is 2.52. The monoisotopic (exact) mass is 566 g/mol. The Kier molecular flexibility index (Phi) is 9.19. The van der Waals surface area contributed by atoms with Gasteiger partial charge in [0, 0.05) is 25.2 Å². The Labute approximate surface area is 231 Å². The van der Waals surface area contributed by atoms with Crippen LogP contribution in [0.5, 0.6) is 5.75 Å². The second kappa shape index (κ2) is 12.3. The molecule has 2 aromatic rings. The largest absolute Gasteiger partial charge is 0.492 e. The van der Waals surface area contributed by atoms with Crippen molar-refractivity contribution in [3.05, 3.63) is 70.0 Å². The number of likely N-dealkylation sites (N-methyl/N-ethyl adjacent to an activating group) is 1. The van der Waals surface area contributed by atoms with E-state index in [1.54, 1.807) is 19.1 Å². The summed E-state index contributed by atoms with van der Waals surface area (Å²) in [6.45, 7) is 3.41. The van der Waals surface area contributed by atoms with Crippen LogP contribution in [0, 0.1) is 18.7 Å². The lowest BCUT2D eigenvalue weighted by Crippen LogP contribution is -2.52. The highest BCUT2D eigenvalue weighted by Crippen LogP contribution is 2.53. The summed E-state index contributed by atoms with van der Waals surface area (Å²) in [5.41, 5.74) is 3.23. The fourth-order valence-corrected chi connectivity index (χ4v) is 5.84. The molecule has 1 N–H and O–H groups in total. The third kappa shape index (κ3) is 6.17. The molecule has 0 saturated heterocycles. The van der Waals surface area contributed by atoms with Crippen molar-refractivity contribution in [3.8, 4) is 5.75 Å². The van der Waals surface area contributed by atoms with Gasteiger partial charge in [-0.1, -0.05) is 31.2 Å². The summed E-state index contributed by atoms with van der Waals surface area (Å²) < 4.78 is 78.0. The maximum Gasteiger partial charge on any atom is 0.404 e. The SMILES string of the molecule is Cc1c(OCCN(C)CCCF)ccc(F)c1[C@@H]1C2=C(C[C@@H](C(F)(F)F)N1C[C@H](C)C(=O)O)c1ccccc1C2. The number of carboxylic acids is 1. The molecule has 0 fully saturated rings. The van der Waals surface area contributed by atoms with Gasteiger partial charge in [0.05, 0.1) is 18.6 Å². The van der Waals surface area contributed by atoms with Crippen LogP contribution in [0.15, 0.2) is 42.0 Å². The summed E-state index contributed by atoms with van der Waals surface area (Å²) in [4.78, 5) is 14.8. The van der Waals surface area contributed by atoms with E-state index in [4.69, 9.17) is 4.74 Å². The highest BCUT2D eigenvalue weighted by atomic mass is 19.4. The number of hydrogen-bond donors (Lipinski definition) is 1. The number of aliphatic carboxylic acids is 1. The van der Waals surface area contributed by atoms with E-state index in [2.05, 4.69) is 0 Å². The molecule has 0 radical (unpaired) electrons. The van der Waals surface area contributed by atoms with Gasteiger partial charge in [-0.05, 0) is 73.2 Å². The molecular weight excluding hydrogens is 531 g/mol. The first kappa shape index (κ1) is 30.0. The van der Waals surface area contributed by atoms with E-state index in [0.29, 0.717) is 48.4 Å². The van der Waals surface area contributed by atoms with Gasteiger partial charge in [-0.15, -0.1) is 0 Å². The Balaban J connectivity index is 1.79. The quantitative estimate of drug-likeness (QED) is 0.328. The van der Waals surface area contributed by atoms with E-state index in [0.717, 1.165) is 16.0 Å². The summed E-state index contributed by atoms with van der Waals surface area (Å²) in [5, 5.41) is 9.60. The Bertz CT molecular complexity index is 1260. The molecule has 10 heteroatoms. The molecule has 5 nitrogen and oxygen atoms in total. The first-order chi connectivity index (χ1) is 18.9. The lowest BCUT2D eigenvalue weighted by molar-refractivity contribution is -0.191. The van der Waals surface area contributed by atoms with Gasteiger partial charge in [-0.25, -0.2) is 4.39 Å². The molecule has 1 aliphatic heterocycles. The normalized spacial score (nSPS) is 20.0. The first-order valence-corrected chi connectivity index (χ1v) is 13.5. The summed E-state index contributed by atoms with van der Waals surface area (Å²) in [6.07, 6.45) is -4.26. The number of fused-ring (bicyclic) bond motifs is 2. The van der Waals surface area contributed by atoms with Crippen LogP contribution in [0.3, 0.4) is 0 Å². The summed E-state index contributed by atoms with van der Waals surface area (Å²) in [6, 6.07) is 6.79. The fourth-order valence-electron chi connectivity index (χ4n) is 5.84. The maximum absolute atomic E-state index is 15.7. The molecule has 40 heavy (non-hydrogen) atoms. The van der Waals surface area contributed by atoms with Gasteiger partial charge in [0.1, 0.15) is 24.2 Å². The minimum atomic E-state index is -4.67. The zero-order valence-corrected chi connectivity index (χ0v) is 22.9. The van der Waals surface area contributed by atoms with Crippen LogP contribution in [0.1, 0.15) is 48.1 Å². The van der Waals surface area contributed by atoms with Crippen LogP contribution in [0.2, 0.25) is 0 Å². The van der Waals surface area contributed by atoms with Crippen molar-refractivity contribution in [2.24, 2.45) is 5.92 Å². The Morgan fingerprint density at radius 2 is 1.93 bits per heavy atom. The maximum atomic E-state index is 15.7. The van der Waals surface area contributed by atoms with Crippen molar-refractivity contribution in [2.45, 2.75) is 51.4 Å². The molecule has 1 aliphatic carbocycles. The number of nitrogens with zero attached hydrogens (tertiary/aromatic N) is 2. The topological polar surface area (TPSA) is 53.0 Å². The molecule has 0 spiro atoms. The molecule has 0 aromatic heterocycles. The molecule has 2 aliphatic rings.